The molecule has 1 atom stereocenters. The van der Waals surface area contributed by atoms with E-state index in [4.69, 9.17) is 4.74 Å². The lowest BCUT2D eigenvalue weighted by molar-refractivity contribution is -0.141. The molecule has 0 fully saturated rings. The maximum atomic E-state index is 11.6. The van der Waals surface area contributed by atoms with Crippen molar-refractivity contribution in [2.45, 2.75) is 32.4 Å². The van der Waals surface area contributed by atoms with Crippen molar-refractivity contribution < 1.29 is 19.1 Å². The smallest absolute Gasteiger partial charge is 0.327 e. The van der Waals surface area contributed by atoms with Crippen LogP contribution in [-0.2, 0) is 25.6 Å². The Kier molecular flexibility index (Phi) is 6.01. The van der Waals surface area contributed by atoms with Gasteiger partial charge >= 0.3 is 5.97 Å². The normalized spacial score (nSPS) is 11.9. The molecule has 0 aliphatic rings. The van der Waals surface area contributed by atoms with Gasteiger partial charge in [0, 0.05) is 19.7 Å². The lowest BCUT2D eigenvalue weighted by Gasteiger charge is -2.08. The van der Waals surface area contributed by atoms with E-state index in [1.165, 1.54) is 18.0 Å². The Labute approximate surface area is 111 Å². The van der Waals surface area contributed by atoms with Crippen LogP contribution in [0, 0.1) is 0 Å². The van der Waals surface area contributed by atoms with E-state index >= 15 is 0 Å². The Hall–Kier alpha value is -1.89. The third-order valence-electron chi connectivity index (χ3n) is 2.62. The van der Waals surface area contributed by atoms with E-state index in [1.807, 2.05) is 6.92 Å². The summed E-state index contributed by atoms with van der Waals surface area (Å²) in [7, 11) is 2.92. The SMILES string of the molecule is COC(=O)Cn1cc(NC(=O)CCC(C)OC)cn1. The van der Waals surface area contributed by atoms with Gasteiger partial charge < -0.3 is 14.8 Å². The van der Waals surface area contributed by atoms with Crippen molar-refractivity contribution in [2.75, 3.05) is 19.5 Å². The van der Waals surface area contributed by atoms with E-state index in [0.717, 1.165) is 0 Å². The third-order valence-corrected chi connectivity index (χ3v) is 2.62. The van der Waals surface area contributed by atoms with E-state index < -0.39 is 5.97 Å². The molecule has 0 spiro atoms. The second-order valence-corrected chi connectivity index (χ2v) is 4.14. The standard InChI is InChI=1S/C12H19N3O4/c1-9(18-2)4-5-11(16)14-10-6-13-15(7-10)8-12(17)19-3/h6-7,9H,4-5,8H2,1-3H3,(H,14,16). The first-order valence-corrected chi connectivity index (χ1v) is 5.97. The molecule has 1 heterocycles. The van der Waals surface area contributed by atoms with E-state index in [9.17, 15) is 9.59 Å². The number of aromatic nitrogens is 2. The second-order valence-electron chi connectivity index (χ2n) is 4.14. The highest BCUT2D eigenvalue weighted by molar-refractivity contribution is 5.90. The van der Waals surface area contributed by atoms with Crippen molar-refractivity contribution in [3.63, 3.8) is 0 Å². The molecule has 1 N–H and O–H groups in total. The molecule has 0 aliphatic carbocycles. The summed E-state index contributed by atoms with van der Waals surface area (Å²) in [6, 6.07) is 0. The maximum Gasteiger partial charge on any atom is 0.327 e. The van der Waals surface area contributed by atoms with Crippen LogP contribution in [0.2, 0.25) is 0 Å². The summed E-state index contributed by atoms with van der Waals surface area (Å²) < 4.78 is 11.0. The van der Waals surface area contributed by atoms with Gasteiger partial charge in [0.1, 0.15) is 6.54 Å². The monoisotopic (exact) mass is 269 g/mol. The van der Waals surface area contributed by atoms with Crippen LogP contribution < -0.4 is 5.32 Å². The molecule has 0 aliphatic heterocycles. The number of nitrogens with zero attached hydrogens (tertiary/aromatic N) is 2. The first-order chi connectivity index (χ1) is 9.05. The number of anilines is 1. The van der Waals surface area contributed by atoms with Gasteiger partial charge in [0.2, 0.25) is 5.91 Å². The molecule has 0 radical (unpaired) electrons. The Balaban J connectivity index is 2.40. The molecular weight excluding hydrogens is 250 g/mol. The van der Waals surface area contributed by atoms with Crippen LogP contribution in [0.25, 0.3) is 0 Å². The first kappa shape index (κ1) is 15.2. The molecule has 7 nitrogen and oxygen atoms in total. The molecule has 1 unspecified atom stereocenters. The molecular formula is C12H19N3O4. The van der Waals surface area contributed by atoms with Crippen molar-refractivity contribution in [2.24, 2.45) is 0 Å². The van der Waals surface area contributed by atoms with E-state index in [2.05, 4.69) is 15.2 Å². The van der Waals surface area contributed by atoms with Crippen LogP contribution in [0.1, 0.15) is 19.8 Å². The van der Waals surface area contributed by atoms with Crippen molar-refractivity contribution in [3.8, 4) is 0 Å². The molecule has 1 aromatic rings. The van der Waals surface area contributed by atoms with Crippen LogP contribution in [-0.4, -0.2) is 42.0 Å². The first-order valence-electron chi connectivity index (χ1n) is 5.97. The number of carbonyl (C=O) groups is 2. The van der Waals surface area contributed by atoms with Crippen LogP contribution in [0.4, 0.5) is 5.69 Å². The topological polar surface area (TPSA) is 82.5 Å². The largest absolute Gasteiger partial charge is 0.468 e. The third kappa shape index (κ3) is 5.52. The molecule has 19 heavy (non-hydrogen) atoms. The molecule has 0 aromatic carbocycles. The molecule has 0 bridgehead atoms. The summed E-state index contributed by atoms with van der Waals surface area (Å²) in [5.41, 5.74) is 0.555. The summed E-state index contributed by atoms with van der Waals surface area (Å²) in [6.45, 7) is 1.93. The second kappa shape index (κ2) is 7.52. The van der Waals surface area contributed by atoms with Crippen LogP contribution in [0.3, 0.4) is 0 Å². The van der Waals surface area contributed by atoms with E-state index in [1.54, 1.807) is 13.3 Å². The van der Waals surface area contributed by atoms with Crippen molar-refractivity contribution >= 4 is 17.6 Å². The van der Waals surface area contributed by atoms with Gasteiger partial charge in [-0.25, -0.2) is 0 Å². The van der Waals surface area contributed by atoms with Crippen LogP contribution in [0.15, 0.2) is 12.4 Å². The number of hydrogen-bond donors (Lipinski definition) is 1. The average Bonchev–Trinajstić information content (AvgIpc) is 2.82. The van der Waals surface area contributed by atoms with Gasteiger partial charge in [-0.05, 0) is 13.3 Å². The Morgan fingerprint density at radius 2 is 2.21 bits per heavy atom. The molecule has 7 heteroatoms. The summed E-state index contributed by atoms with van der Waals surface area (Å²) in [5, 5.41) is 6.65. The minimum atomic E-state index is -0.394. The number of esters is 1. The minimum Gasteiger partial charge on any atom is -0.468 e. The number of ether oxygens (including phenoxy) is 2. The molecule has 0 saturated heterocycles. The number of hydrogen-bond acceptors (Lipinski definition) is 5. The fourth-order valence-corrected chi connectivity index (χ4v) is 1.39. The predicted molar refractivity (Wildman–Crippen MR) is 68.6 cm³/mol. The van der Waals surface area contributed by atoms with Gasteiger partial charge in [0.15, 0.2) is 0 Å². The number of rotatable bonds is 7. The number of carbonyl (C=O) groups excluding carboxylic acids is 2. The average molecular weight is 269 g/mol. The fourth-order valence-electron chi connectivity index (χ4n) is 1.39. The summed E-state index contributed by atoms with van der Waals surface area (Å²) in [6.07, 6.45) is 4.14. The predicted octanol–water partition coefficient (Wildman–Crippen LogP) is 0.810. The zero-order valence-corrected chi connectivity index (χ0v) is 11.4. The highest BCUT2D eigenvalue weighted by atomic mass is 16.5. The van der Waals surface area contributed by atoms with Gasteiger partial charge in [0.25, 0.3) is 0 Å². The van der Waals surface area contributed by atoms with Gasteiger partial charge in [-0.3, -0.25) is 14.3 Å². The highest BCUT2D eigenvalue weighted by Gasteiger charge is 2.08. The lowest BCUT2D eigenvalue weighted by Crippen LogP contribution is -2.15. The molecule has 1 aromatic heterocycles. The quantitative estimate of drug-likeness (QED) is 0.741. The summed E-state index contributed by atoms with van der Waals surface area (Å²) >= 11 is 0. The molecule has 106 valence electrons. The van der Waals surface area contributed by atoms with Crippen molar-refractivity contribution in [3.05, 3.63) is 12.4 Å². The van der Waals surface area contributed by atoms with Gasteiger partial charge in [0.05, 0.1) is 25.1 Å². The zero-order chi connectivity index (χ0) is 14.3. The Morgan fingerprint density at radius 3 is 2.84 bits per heavy atom. The van der Waals surface area contributed by atoms with Crippen LogP contribution >= 0.6 is 0 Å². The summed E-state index contributed by atoms with van der Waals surface area (Å²) in [4.78, 5) is 22.7. The maximum absolute atomic E-state index is 11.6. The fraction of sp³-hybridized carbons (Fsp3) is 0.583. The van der Waals surface area contributed by atoms with Gasteiger partial charge in [-0.2, -0.15) is 5.10 Å². The number of amides is 1. The van der Waals surface area contributed by atoms with Gasteiger partial charge in [-0.1, -0.05) is 0 Å². The molecule has 1 amide bonds. The van der Waals surface area contributed by atoms with E-state index in [0.29, 0.717) is 18.5 Å². The van der Waals surface area contributed by atoms with E-state index in [-0.39, 0.29) is 18.6 Å². The zero-order valence-electron chi connectivity index (χ0n) is 11.4. The lowest BCUT2D eigenvalue weighted by atomic mass is 10.2. The minimum absolute atomic E-state index is 0.0209. The number of nitrogens with one attached hydrogen (secondary N) is 1. The summed E-state index contributed by atoms with van der Waals surface area (Å²) in [5.74, 6) is -0.503. The van der Waals surface area contributed by atoms with Crippen molar-refractivity contribution in [1.29, 1.82) is 0 Å². The Bertz CT molecular complexity index is 430. The highest BCUT2D eigenvalue weighted by Crippen LogP contribution is 2.07. The van der Waals surface area contributed by atoms with Gasteiger partial charge in [-0.15, -0.1) is 0 Å². The van der Waals surface area contributed by atoms with Crippen LogP contribution in [0.5, 0.6) is 0 Å². The Morgan fingerprint density at radius 1 is 1.47 bits per heavy atom. The van der Waals surface area contributed by atoms with Crippen molar-refractivity contribution in [1.82, 2.24) is 9.78 Å². The number of methoxy groups -OCH3 is 2. The molecule has 1 rings (SSSR count). The molecule has 0 saturated carbocycles.